The lowest BCUT2D eigenvalue weighted by atomic mass is 9.90. The molecule has 0 saturated carbocycles. The molecule has 1 unspecified atom stereocenters. The van der Waals surface area contributed by atoms with E-state index in [1.807, 2.05) is 0 Å². The first-order valence-electron chi connectivity index (χ1n) is 6.04. The lowest BCUT2D eigenvalue weighted by Gasteiger charge is -2.23. The zero-order chi connectivity index (χ0) is 12.0. The van der Waals surface area contributed by atoms with Crippen molar-refractivity contribution in [2.45, 2.75) is 51.6 Å². The summed E-state index contributed by atoms with van der Waals surface area (Å²) < 4.78 is 12.7. The molecule has 0 aliphatic rings. The Kier molecular flexibility index (Phi) is 4.94. The molecule has 90 valence electrons. The van der Waals surface area contributed by atoms with Gasteiger partial charge in [0.1, 0.15) is 5.82 Å². The lowest BCUT2D eigenvalue weighted by Crippen LogP contribution is -2.20. The van der Waals surface area contributed by atoms with Crippen molar-refractivity contribution >= 4 is 0 Å². The predicted molar refractivity (Wildman–Crippen MR) is 64.7 cm³/mol. The Labute approximate surface area is 97.3 Å². The smallest absolute Gasteiger partial charge is 0.123 e. The minimum atomic E-state index is -0.832. The van der Waals surface area contributed by atoms with E-state index in [1.165, 1.54) is 25.0 Å². The molecule has 0 amide bonds. The summed E-state index contributed by atoms with van der Waals surface area (Å²) in [5.74, 6) is -0.259. The normalized spacial score (nSPS) is 14.8. The van der Waals surface area contributed by atoms with E-state index in [-0.39, 0.29) is 5.82 Å². The fraction of sp³-hybridized carbons (Fsp3) is 0.571. The van der Waals surface area contributed by atoms with E-state index in [1.54, 1.807) is 19.1 Å². The van der Waals surface area contributed by atoms with E-state index >= 15 is 0 Å². The average molecular weight is 224 g/mol. The fourth-order valence-corrected chi connectivity index (χ4v) is 1.85. The minimum absolute atomic E-state index is 0.259. The molecular formula is C14H21FO. The number of benzene rings is 1. The van der Waals surface area contributed by atoms with Crippen LogP contribution in [-0.2, 0) is 5.60 Å². The first kappa shape index (κ1) is 13.2. The Morgan fingerprint density at radius 1 is 1.12 bits per heavy atom. The van der Waals surface area contributed by atoms with Gasteiger partial charge in [0, 0.05) is 0 Å². The highest BCUT2D eigenvalue weighted by molar-refractivity contribution is 5.22. The van der Waals surface area contributed by atoms with Crippen LogP contribution >= 0.6 is 0 Å². The SMILES string of the molecule is CCCCCCC(C)(O)c1ccc(F)cc1. The van der Waals surface area contributed by atoms with E-state index in [0.717, 1.165) is 24.8 Å². The number of halogens is 1. The molecule has 1 N–H and O–H groups in total. The summed E-state index contributed by atoms with van der Waals surface area (Å²) in [6.45, 7) is 3.96. The van der Waals surface area contributed by atoms with Crippen molar-refractivity contribution in [2.24, 2.45) is 0 Å². The molecule has 1 nitrogen and oxygen atoms in total. The third kappa shape index (κ3) is 3.93. The minimum Gasteiger partial charge on any atom is -0.385 e. The van der Waals surface area contributed by atoms with Crippen LogP contribution in [0.1, 0.15) is 51.5 Å². The maximum absolute atomic E-state index is 12.7. The monoisotopic (exact) mass is 224 g/mol. The number of hydrogen-bond acceptors (Lipinski definition) is 1. The van der Waals surface area contributed by atoms with Crippen molar-refractivity contribution in [3.8, 4) is 0 Å². The van der Waals surface area contributed by atoms with Gasteiger partial charge in [0.05, 0.1) is 5.60 Å². The van der Waals surface area contributed by atoms with Crippen LogP contribution in [0.3, 0.4) is 0 Å². The lowest BCUT2D eigenvalue weighted by molar-refractivity contribution is 0.0448. The van der Waals surface area contributed by atoms with Gasteiger partial charge in [-0.15, -0.1) is 0 Å². The third-order valence-corrected chi connectivity index (χ3v) is 2.98. The summed E-state index contributed by atoms with van der Waals surface area (Å²) in [4.78, 5) is 0. The molecule has 16 heavy (non-hydrogen) atoms. The molecule has 0 fully saturated rings. The second-order valence-electron chi connectivity index (χ2n) is 4.59. The van der Waals surface area contributed by atoms with Gasteiger partial charge in [-0.25, -0.2) is 4.39 Å². The largest absolute Gasteiger partial charge is 0.385 e. The standard InChI is InChI=1S/C14H21FO/c1-3-4-5-6-11-14(2,16)12-7-9-13(15)10-8-12/h7-10,16H,3-6,11H2,1-2H3. The molecule has 0 aliphatic heterocycles. The van der Waals surface area contributed by atoms with Gasteiger partial charge in [0.2, 0.25) is 0 Å². The van der Waals surface area contributed by atoms with Crippen LogP contribution in [-0.4, -0.2) is 5.11 Å². The van der Waals surface area contributed by atoms with Crippen LogP contribution < -0.4 is 0 Å². The number of hydrogen-bond donors (Lipinski definition) is 1. The molecule has 0 aliphatic carbocycles. The van der Waals surface area contributed by atoms with Gasteiger partial charge >= 0.3 is 0 Å². The van der Waals surface area contributed by atoms with Crippen LogP contribution in [0.4, 0.5) is 4.39 Å². The summed E-state index contributed by atoms with van der Waals surface area (Å²) in [6.07, 6.45) is 5.29. The van der Waals surface area contributed by atoms with Gasteiger partial charge in [-0.05, 0) is 31.0 Å². The van der Waals surface area contributed by atoms with Crippen molar-refractivity contribution in [1.29, 1.82) is 0 Å². The van der Waals surface area contributed by atoms with Gasteiger partial charge < -0.3 is 5.11 Å². The number of unbranched alkanes of at least 4 members (excludes halogenated alkanes) is 3. The van der Waals surface area contributed by atoms with Crippen molar-refractivity contribution in [3.05, 3.63) is 35.6 Å². The first-order chi connectivity index (χ1) is 7.56. The quantitative estimate of drug-likeness (QED) is 0.724. The zero-order valence-electron chi connectivity index (χ0n) is 10.2. The molecule has 2 heteroatoms. The highest BCUT2D eigenvalue weighted by Gasteiger charge is 2.21. The molecule has 0 bridgehead atoms. The molecule has 1 aromatic carbocycles. The van der Waals surface area contributed by atoms with Crippen LogP contribution in [0, 0.1) is 5.82 Å². The van der Waals surface area contributed by atoms with Crippen LogP contribution in [0.2, 0.25) is 0 Å². The number of rotatable bonds is 6. The second-order valence-corrected chi connectivity index (χ2v) is 4.59. The molecule has 0 radical (unpaired) electrons. The molecule has 0 heterocycles. The molecule has 0 aromatic heterocycles. The van der Waals surface area contributed by atoms with Crippen molar-refractivity contribution in [2.75, 3.05) is 0 Å². The van der Waals surface area contributed by atoms with Crippen LogP contribution in [0.15, 0.2) is 24.3 Å². The second kappa shape index (κ2) is 6.00. The predicted octanol–water partition coefficient (Wildman–Crippen LogP) is 4.00. The highest BCUT2D eigenvalue weighted by atomic mass is 19.1. The molecule has 1 rings (SSSR count). The Morgan fingerprint density at radius 3 is 2.31 bits per heavy atom. The zero-order valence-corrected chi connectivity index (χ0v) is 10.2. The summed E-state index contributed by atoms with van der Waals surface area (Å²) >= 11 is 0. The Hall–Kier alpha value is -0.890. The van der Waals surface area contributed by atoms with Gasteiger partial charge in [-0.2, -0.15) is 0 Å². The third-order valence-electron chi connectivity index (χ3n) is 2.98. The molecule has 1 atom stereocenters. The van der Waals surface area contributed by atoms with E-state index in [2.05, 4.69) is 6.92 Å². The topological polar surface area (TPSA) is 20.2 Å². The van der Waals surface area contributed by atoms with Gasteiger partial charge in [-0.1, -0.05) is 44.7 Å². The van der Waals surface area contributed by atoms with E-state index in [9.17, 15) is 9.50 Å². The summed E-state index contributed by atoms with van der Waals surface area (Å²) in [6, 6.07) is 6.12. The van der Waals surface area contributed by atoms with Gasteiger partial charge in [-0.3, -0.25) is 0 Å². The Bertz CT molecular complexity index is 303. The van der Waals surface area contributed by atoms with E-state index in [0.29, 0.717) is 0 Å². The molecule has 0 spiro atoms. The highest BCUT2D eigenvalue weighted by Crippen LogP contribution is 2.27. The average Bonchev–Trinajstić information content (AvgIpc) is 2.25. The number of aliphatic hydroxyl groups is 1. The van der Waals surface area contributed by atoms with Crippen molar-refractivity contribution < 1.29 is 9.50 Å². The van der Waals surface area contributed by atoms with Gasteiger partial charge in [0.15, 0.2) is 0 Å². The maximum Gasteiger partial charge on any atom is 0.123 e. The summed E-state index contributed by atoms with van der Waals surface area (Å²) in [7, 11) is 0. The first-order valence-corrected chi connectivity index (χ1v) is 6.04. The molecule has 1 aromatic rings. The van der Waals surface area contributed by atoms with E-state index in [4.69, 9.17) is 0 Å². The van der Waals surface area contributed by atoms with Crippen molar-refractivity contribution in [3.63, 3.8) is 0 Å². The Morgan fingerprint density at radius 2 is 1.75 bits per heavy atom. The molecular weight excluding hydrogens is 203 g/mol. The molecule has 0 saturated heterocycles. The Balaban J connectivity index is 2.52. The van der Waals surface area contributed by atoms with E-state index < -0.39 is 5.60 Å². The fourth-order valence-electron chi connectivity index (χ4n) is 1.85. The summed E-state index contributed by atoms with van der Waals surface area (Å²) in [5.41, 5.74) is -0.0352. The van der Waals surface area contributed by atoms with Crippen LogP contribution in [0.25, 0.3) is 0 Å². The van der Waals surface area contributed by atoms with Crippen molar-refractivity contribution in [1.82, 2.24) is 0 Å². The van der Waals surface area contributed by atoms with Crippen LogP contribution in [0.5, 0.6) is 0 Å². The maximum atomic E-state index is 12.7. The summed E-state index contributed by atoms with van der Waals surface area (Å²) in [5, 5.41) is 10.3. The van der Waals surface area contributed by atoms with Gasteiger partial charge in [0.25, 0.3) is 0 Å².